The molecule has 1 aromatic heterocycles. The van der Waals surface area contributed by atoms with Crippen LogP contribution in [0.4, 0.5) is 0 Å². The largest absolute Gasteiger partial charge is 0.580 e. The van der Waals surface area contributed by atoms with E-state index in [0.29, 0.717) is 11.5 Å². The van der Waals surface area contributed by atoms with Crippen LogP contribution in [0, 0.1) is 0 Å². The van der Waals surface area contributed by atoms with Crippen molar-refractivity contribution in [3.8, 4) is 5.75 Å². The summed E-state index contributed by atoms with van der Waals surface area (Å²) in [5, 5.41) is 8.63. The molecular weight excluding hydrogens is 240 g/mol. The summed E-state index contributed by atoms with van der Waals surface area (Å²) >= 11 is 0. The standard InChI is InChI=1S/C6H6O.C5H5O4Si/c7-6-4-2-1-3-5-6;6-10(7)9-4-5-2-1-3-8-5/h1-5,7H;1-3H,4H2/q;-1. The van der Waals surface area contributed by atoms with E-state index in [-0.39, 0.29) is 6.61 Å². The zero-order valence-electron chi connectivity index (χ0n) is 8.91. The van der Waals surface area contributed by atoms with Gasteiger partial charge < -0.3 is 23.2 Å². The second-order valence-corrected chi connectivity index (χ2v) is 3.74. The van der Waals surface area contributed by atoms with E-state index in [9.17, 15) is 9.26 Å². The number of rotatable bonds is 3. The lowest BCUT2D eigenvalue weighted by Gasteiger charge is -2.02. The maximum atomic E-state index is 9.90. The van der Waals surface area contributed by atoms with Crippen molar-refractivity contribution in [3.05, 3.63) is 54.5 Å². The van der Waals surface area contributed by atoms with E-state index >= 15 is 0 Å². The molecule has 0 bridgehead atoms. The third-order valence-electron chi connectivity index (χ3n) is 1.67. The average Bonchev–Trinajstić information content (AvgIpc) is 2.81. The maximum absolute atomic E-state index is 9.90. The summed E-state index contributed by atoms with van der Waals surface area (Å²) in [6.45, 7) is -0.00566. The number of para-hydroxylation sites is 1. The number of benzene rings is 1. The Kier molecular flexibility index (Phi) is 5.52. The Bertz CT molecular complexity index is 426. The quantitative estimate of drug-likeness (QED) is 0.822. The van der Waals surface area contributed by atoms with E-state index in [2.05, 4.69) is 4.43 Å². The van der Waals surface area contributed by atoms with Crippen LogP contribution < -0.4 is 4.80 Å². The van der Waals surface area contributed by atoms with E-state index in [1.165, 1.54) is 6.26 Å². The minimum Gasteiger partial charge on any atom is -0.580 e. The van der Waals surface area contributed by atoms with Gasteiger partial charge in [0.25, 0.3) is 0 Å². The van der Waals surface area contributed by atoms with Crippen molar-refractivity contribution < 1.29 is 23.2 Å². The van der Waals surface area contributed by atoms with Crippen LogP contribution in [0.25, 0.3) is 0 Å². The number of furan rings is 1. The van der Waals surface area contributed by atoms with Crippen molar-refractivity contribution in [3.63, 3.8) is 0 Å². The number of aromatic hydroxyl groups is 1. The molecule has 0 amide bonds. The highest BCUT2D eigenvalue weighted by atomic mass is 28.3. The summed E-state index contributed by atoms with van der Waals surface area (Å²) < 4.78 is 19.0. The molecule has 0 unspecified atom stereocenters. The first-order chi connectivity index (χ1) is 8.18. The summed E-state index contributed by atoms with van der Waals surface area (Å²) in [5.74, 6) is 0.830. The fourth-order valence-electron chi connectivity index (χ4n) is 0.953. The monoisotopic (exact) mass is 251 g/mol. The van der Waals surface area contributed by atoms with Gasteiger partial charge in [0.05, 0.1) is 12.9 Å². The first-order valence-electron chi connectivity index (χ1n) is 4.78. The first-order valence-corrected chi connectivity index (χ1v) is 6.01. The molecule has 0 aliphatic heterocycles. The predicted octanol–water partition coefficient (Wildman–Crippen LogP) is 0.964. The van der Waals surface area contributed by atoms with Crippen LogP contribution in [0.2, 0.25) is 0 Å². The topological polar surface area (TPSA) is 82.7 Å². The summed E-state index contributed by atoms with van der Waals surface area (Å²) in [6.07, 6.45) is 1.46. The number of phenols is 1. The lowest BCUT2D eigenvalue weighted by molar-refractivity contribution is -0.231. The highest BCUT2D eigenvalue weighted by Crippen LogP contribution is 2.02. The fraction of sp³-hybridized carbons (Fsp3) is 0.0909. The van der Waals surface area contributed by atoms with E-state index in [4.69, 9.17) is 9.52 Å². The van der Waals surface area contributed by atoms with Crippen molar-refractivity contribution in [2.24, 2.45) is 0 Å². The van der Waals surface area contributed by atoms with Crippen molar-refractivity contribution >= 4 is 9.17 Å². The smallest absolute Gasteiger partial charge is 0.413 e. The van der Waals surface area contributed by atoms with Crippen LogP contribution in [0.3, 0.4) is 0 Å². The molecule has 1 aromatic carbocycles. The van der Waals surface area contributed by atoms with E-state index in [1.807, 2.05) is 6.07 Å². The SMILES string of the molecule is O=[Si]([O-])OCc1ccco1.Oc1ccccc1. The Morgan fingerprint density at radius 2 is 1.94 bits per heavy atom. The Hall–Kier alpha value is -2.08. The zero-order valence-corrected chi connectivity index (χ0v) is 9.91. The van der Waals surface area contributed by atoms with Gasteiger partial charge in [-0.15, -0.1) is 0 Å². The van der Waals surface area contributed by atoms with Crippen LogP contribution in [0.15, 0.2) is 53.1 Å². The molecule has 0 aliphatic rings. The molecule has 90 valence electrons. The Balaban J connectivity index is 0.000000181. The van der Waals surface area contributed by atoms with E-state index in [0.717, 1.165) is 0 Å². The molecule has 0 saturated heterocycles. The molecule has 0 aliphatic carbocycles. The Labute approximate surface area is 99.8 Å². The summed E-state index contributed by atoms with van der Waals surface area (Å²) in [6, 6.07) is 12.0. The van der Waals surface area contributed by atoms with E-state index < -0.39 is 9.17 Å². The van der Waals surface area contributed by atoms with Gasteiger partial charge >= 0.3 is 9.17 Å². The van der Waals surface area contributed by atoms with Crippen molar-refractivity contribution in [1.29, 1.82) is 0 Å². The maximum Gasteiger partial charge on any atom is 0.413 e. The van der Waals surface area contributed by atoms with Gasteiger partial charge in [0.1, 0.15) is 11.5 Å². The van der Waals surface area contributed by atoms with Crippen LogP contribution >= 0.6 is 0 Å². The summed E-state index contributed by atoms with van der Waals surface area (Å²) in [7, 11) is -3.07. The highest BCUT2D eigenvalue weighted by Gasteiger charge is 1.92. The van der Waals surface area contributed by atoms with Crippen molar-refractivity contribution in [2.75, 3.05) is 0 Å². The lowest BCUT2D eigenvalue weighted by atomic mass is 10.3. The minimum atomic E-state index is -3.07. The molecule has 1 heterocycles. The molecule has 17 heavy (non-hydrogen) atoms. The first kappa shape index (κ1) is 13.0. The fourth-order valence-corrected chi connectivity index (χ4v) is 1.21. The van der Waals surface area contributed by atoms with Crippen LogP contribution in [0.1, 0.15) is 5.76 Å². The molecule has 0 atom stereocenters. The molecule has 2 aromatic rings. The third kappa shape index (κ3) is 6.16. The van der Waals surface area contributed by atoms with Crippen LogP contribution in [-0.2, 0) is 15.5 Å². The molecule has 5 nitrogen and oxygen atoms in total. The van der Waals surface area contributed by atoms with Gasteiger partial charge in [-0.25, -0.2) is 0 Å². The van der Waals surface area contributed by atoms with Gasteiger partial charge in [-0.3, -0.25) is 0 Å². The van der Waals surface area contributed by atoms with Gasteiger partial charge in [0, 0.05) is 0 Å². The molecule has 6 heteroatoms. The summed E-state index contributed by atoms with van der Waals surface area (Å²) in [5.41, 5.74) is 0. The molecule has 0 radical (unpaired) electrons. The van der Waals surface area contributed by atoms with Crippen LogP contribution in [-0.4, -0.2) is 14.3 Å². The second kappa shape index (κ2) is 7.23. The molecule has 0 spiro atoms. The molecule has 1 N–H and O–H groups in total. The second-order valence-electron chi connectivity index (χ2n) is 2.95. The summed E-state index contributed by atoms with van der Waals surface area (Å²) in [4.78, 5) is 9.90. The third-order valence-corrected chi connectivity index (χ3v) is 2.05. The zero-order chi connectivity index (χ0) is 12.5. The van der Waals surface area contributed by atoms with E-state index in [1.54, 1.807) is 36.4 Å². The van der Waals surface area contributed by atoms with Gasteiger partial charge in [0.15, 0.2) is 0 Å². The lowest BCUT2D eigenvalue weighted by Crippen LogP contribution is -2.23. The molecular formula is C11H11O5Si-. The molecule has 0 saturated carbocycles. The van der Waals surface area contributed by atoms with Gasteiger partial charge in [0.2, 0.25) is 0 Å². The van der Waals surface area contributed by atoms with Crippen molar-refractivity contribution in [1.82, 2.24) is 0 Å². The predicted molar refractivity (Wildman–Crippen MR) is 58.0 cm³/mol. The number of hydrogen-bond acceptors (Lipinski definition) is 5. The Morgan fingerprint density at radius 1 is 1.24 bits per heavy atom. The molecule has 2 rings (SSSR count). The average molecular weight is 251 g/mol. The number of hydrogen-bond donors (Lipinski definition) is 1. The van der Waals surface area contributed by atoms with Crippen LogP contribution in [0.5, 0.6) is 5.75 Å². The highest BCUT2D eigenvalue weighted by molar-refractivity contribution is 6.21. The van der Waals surface area contributed by atoms with Gasteiger partial charge in [-0.05, 0) is 24.3 Å². The molecule has 0 fully saturated rings. The number of phenolic OH excluding ortho intramolecular Hbond substituents is 1. The normalized spacial score (nSPS) is 8.94. The minimum absolute atomic E-state index is 0.00566. The van der Waals surface area contributed by atoms with Gasteiger partial charge in [-0.2, -0.15) is 0 Å². The van der Waals surface area contributed by atoms with Crippen molar-refractivity contribution in [2.45, 2.75) is 6.61 Å². The Morgan fingerprint density at radius 3 is 2.35 bits per heavy atom. The van der Waals surface area contributed by atoms with Gasteiger partial charge in [-0.1, -0.05) is 18.2 Å².